The molecule has 0 fully saturated rings. The van der Waals surface area contributed by atoms with Crippen molar-refractivity contribution in [3.8, 4) is 33.4 Å². The second-order valence-electron chi connectivity index (χ2n) is 14.0. The maximum absolute atomic E-state index is 2.55. The number of halogens is 2. The summed E-state index contributed by atoms with van der Waals surface area (Å²) in [5.74, 6) is 0. The minimum Gasteiger partial charge on any atom is -1.00 e. The van der Waals surface area contributed by atoms with Gasteiger partial charge in [0.2, 0.25) is 0 Å². The summed E-state index contributed by atoms with van der Waals surface area (Å²) in [6, 6.07) is 38.9. The van der Waals surface area contributed by atoms with E-state index in [2.05, 4.69) is 145 Å². The Balaban J connectivity index is 0.00000192. The predicted octanol–water partition coefficient (Wildman–Crippen LogP) is 4.67. The zero-order valence-corrected chi connectivity index (χ0v) is 30.2. The maximum atomic E-state index is 2.55. The van der Waals surface area contributed by atoms with Crippen molar-refractivity contribution in [2.24, 2.45) is 0 Å². The first kappa shape index (κ1) is 32.7. The van der Waals surface area contributed by atoms with Crippen molar-refractivity contribution in [1.82, 2.24) is 0 Å². The van der Waals surface area contributed by atoms with Crippen molar-refractivity contribution in [2.45, 2.75) is 58.8 Å². The molecule has 0 heterocycles. The van der Waals surface area contributed by atoms with Crippen LogP contribution >= 0.6 is 0 Å². The van der Waals surface area contributed by atoms with Crippen LogP contribution in [0.1, 0.15) is 63.8 Å². The van der Waals surface area contributed by atoms with Gasteiger partial charge in [0.1, 0.15) is 0 Å². The molecule has 219 valence electrons. The van der Waals surface area contributed by atoms with Gasteiger partial charge in [0.15, 0.2) is 0 Å². The molecule has 3 heteroatoms. The first-order valence-electron chi connectivity index (χ1n) is 15.1. The van der Waals surface area contributed by atoms with Crippen LogP contribution in [-0.4, -0.2) is 0 Å². The zero-order chi connectivity index (χ0) is 29.4. The van der Waals surface area contributed by atoms with E-state index in [0.29, 0.717) is 0 Å². The molecule has 0 saturated carbocycles. The first-order chi connectivity index (χ1) is 20.0. The molecule has 44 heavy (non-hydrogen) atoms. The third-order valence-electron chi connectivity index (χ3n) is 9.09. The van der Waals surface area contributed by atoms with E-state index in [9.17, 15) is 0 Å². The Hall–Kier alpha value is -2.70. The van der Waals surface area contributed by atoms with E-state index in [1.807, 2.05) is 0 Å². The number of benzene rings is 6. The van der Waals surface area contributed by atoms with Crippen LogP contribution in [0.4, 0.5) is 0 Å². The molecule has 0 bridgehead atoms. The van der Waals surface area contributed by atoms with Crippen LogP contribution < -0.4 is 28.1 Å². The van der Waals surface area contributed by atoms with Gasteiger partial charge in [0.25, 0.3) is 0 Å². The third kappa shape index (κ3) is 5.40. The molecule has 0 radical (unpaired) electrons. The molecular weight excluding hydrogens is 655 g/mol. The molecule has 6 aromatic rings. The van der Waals surface area contributed by atoms with Gasteiger partial charge >= 0.3 is 267 Å². The van der Waals surface area contributed by atoms with Crippen LogP contribution in [0.3, 0.4) is 0 Å². The Bertz CT molecular complexity index is 2030. The van der Waals surface area contributed by atoms with Crippen LogP contribution in [0.5, 0.6) is 0 Å². The second kappa shape index (κ2) is 11.9. The topological polar surface area (TPSA) is 0 Å². The molecule has 0 aromatic heterocycles. The molecule has 0 aliphatic heterocycles. The summed E-state index contributed by atoms with van der Waals surface area (Å²) >= 11 is 1.48. The summed E-state index contributed by atoms with van der Waals surface area (Å²) in [7, 11) is 0. The number of rotatable bonds is 2. The van der Waals surface area contributed by atoms with E-state index < -0.39 is 0 Å². The number of hydrogen-bond donors (Lipinski definition) is 0. The van der Waals surface area contributed by atoms with Crippen LogP contribution in [0.2, 0.25) is 0 Å². The fourth-order valence-corrected chi connectivity index (χ4v) is 8.21. The fraction of sp³-hybridized carbons (Fsp3) is 0.220. The number of fused-ring (bicyclic) bond motifs is 5. The molecule has 7 rings (SSSR count). The van der Waals surface area contributed by atoms with Gasteiger partial charge in [-0.05, 0) is 0 Å². The minimum atomic E-state index is 0. The SMILES string of the molecule is CC(C)(C)c1cc2c(cc1-c1cccc3ccccc13)Cc1c-2cc(C(C)(C)C)c(-c2cccc3ccccc23)[c]1[Zr+2].[Cl-].[Cl-]. The normalized spacial score (nSPS) is 12.5. The van der Waals surface area contributed by atoms with Crippen molar-refractivity contribution >= 4 is 24.8 Å². The zero-order valence-electron chi connectivity index (χ0n) is 26.3. The summed E-state index contributed by atoms with van der Waals surface area (Å²) in [6.07, 6.45) is 0.996. The van der Waals surface area contributed by atoms with Crippen LogP contribution in [0, 0.1) is 0 Å². The second-order valence-corrected chi connectivity index (χ2v) is 15.2. The van der Waals surface area contributed by atoms with Crippen molar-refractivity contribution in [3.05, 3.63) is 125 Å². The summed E-state index contributed by atoms with van der Waals surface area (Å²) in [5.41, 5.74) is 14.3. The quantitative estimate of drug-likeness (QED) is 0.248. The Morgan fingerprint density at radius 1 is 0.500 bits per heavy atom. The molecule has 1 aliphatic carbocycles. The van der Waals surface area contributed by atoms with Crippen LogP contribution in [0.15, 0.2) is 103 Å². The van der Waals surface area contributed by atoms with Crippen LogP contribution in [-0.2, 0) is 42.0 Å². The first-order valence-corrected chi connectivity index (χ1v) is 16.3. The molecule has 0 nitrogen and oxygen atoms in total. The van der Waals surface area contributed by atoms with Gasteiger partial charge in [-0.25, -0.2) is 0 Å². The summed E-state index contributed by atoms with van der Waals surface area (Å²) in [5, 5.41) is 5.28. The monoisotopic (exact) mass is 689 g/mol. The number of hydrogen-bond acceptors (Lipinski definition) is 0. The van der Waals surface area contributed by atoms with Crippen molar-refractivity contribution < 1.29 is 49.5 Å². The molecule has 0 atom stereocenters. The molecule has 6 aromatic carbocycles. The molecule has 0 amide bonds. The van der Waals surface area contributed by atoms with E-state index in [4.69, 9.17) is 0 Å². The largest absolute Gasteiger partial charge is 1.00 e. The summed E-state index contributed by atoms with van der Waals surface area (Å²) in [4.78, 5) is 0. The summed E-state index contributed by atoms with van der Waals surface area (Å²) in [6.45, 7) is 14.2. The molecule has 1 aliphatic rings. The molecule has 0 unspecified atom stereocenters. The standard InChI is InChI=1S/C41H37.2ClH.Zr/c1-40(2,3)38-24-34-28(22-36(38)32-19-11-15-26-13-7-9-17-30(26)32)21-29-23-37(39(25-35(29)34)41(4,5)6)33-20-12-16-27-14-8-10-18-31(27)33;;;/h7-20,22,24-25H,21H2,1-6H3;2*1H;/q;;;+2/p-2. The minimum absolute atomic E-state index is 0. The Morgan fingerprint density at radius 3 is 1.59 bits per heavy atom. The van der Waals surface area contributed by atoms with E-state index in [0.717, 1.165) is 6.42 Å². The average molecular weight is 692 g/mol. The van der Waals surface area contributed by atoms with Gasteiger partial charge < -0.3 is 24.8 Å². The third-order valence-corrected chi connectivity index (χ3v) is 10.4. The Kier molecular flexibility index (Phi) is 8.85. The van der Waals surface area contributed by atoms with Crippen molar-refractivity contribution in [2.75, 3.05) is 0 Å². The Labute approximate surface area is 290 Å². The van der Waals surface area contributed by atoms with E-state index in [1.165, 1.54) is 105 Å². The van der Waals surface area contributed by atoms with Gasteiger partial charge in [-0.2, -0.15) is 0 Å². The predicted molar refractivity (Wildman–Crippen MR) is 178 cm³/mol. The molecule has 0 spiro atoms. The van der Waals surface area contributed by atoms with Gasteiger partial charge in [-0.15, -0.1) is 0 Å². The van der Waals surface area contributed by atoms with E-state index >= 15 is 0 Å². The van der Waals surface area contributed by atoms with Gasteiger partial charge in [0, 0.05) is 0 Å². The fourth-order valence-electron chi connectivity index (χ4n) is 7.00. The summed E-state index contributed by atoms with van der Waals surface area (Å²) < 4.78 is 1.51. The average Bonchev–Trinajstić information content (AvgIpc) is 3.33. The van der Waals surface area contributed by atoms with Crippen LogP contribution in [0.25, 0.3) is 54.9 Å². The van der Waals surface area contributed by atoms with Crippen molar-refractivity contribution in [1.29, 1.82) is 0 Å². The van der Waals surface area contributed by atoms with Crippen molar-refractivity contribution in [3.63, 3.8) is 0 Å². The molecule has 0 saturated heterocycles. The van der Waals surface area contributed by atoms with Gasteiger partial charge in [0.05, 0.1) is 0 Å². The molecular formula is C41H37Cl2Zr. The Morgan fingerprint density at radius 2 is 1.00 bits per heavy atom. The molecule has 0 N–H and O–H groups in total. The van der Waals surface area contributed by atoms with E-state index in [1.54, 1.807) is 0 Å². The van der Waals surface area contributed by atoms with Gasteiger partial charge in [-0.3, -0.25) is 0 Å². The van der Waals surface area contributed by atoms with Gasteiger partial charge in [-0.1, -0.05) is 0 Å². The smallest absolute Gasteiger partial charge is 1.00 e. The maximum Gasteiger partial charge on any atom is -1.00 e. The van der Waals surface area contributed by atoms with E-state index in [-0.39, 0.29) is 35.6 Å².